The Labute approximate surface area is 191 Å². The molecule has 0 unspecified atom stereocenters. The predicted octanol–water partition coefficient (Wildman–Crippen LogP) is 5.83. The zero-order valence-corrected chi connectivity index (χ0v) is 18.9. The average Bonchev–Trinajstić information content (AvgIpc) is 2.75. The number of ether oxygens (including phenoxy) is 1. The third-order valence-corrected chi connectivity index (χ3v) is 6.47. The van der Waals surface area contributed by atoms with E-state index in [-0.39, 0.29) is 10.6 Å². The van der Waals surface area contributed by atoms with Crippen molar-refractivity contribution < 1.29 is 17.9 Å². The molecule has 0 saturated carbocycles. The number of halogens is 2. The van der Waals surface area contributed by atoms with Gasteiger partial charge in [-0.2, -0.15) is 4.31 Å². The van der Waals surface area contributed by atoms with Gasteiger partial charge in [0.15, 0.2) is 0 Å². The van der Waals surface area contributed by atoms with Crippen LogP contribution < -0.4 is 9.04 Å². The molecule has 31 heavy (non-hydrogen) atoms. The smallest absolute Gasteiger partial charge is 0.271 e. The maximum Gasteiger partial charge on any atom is 0.271 e. The fourth-order valence-corrected chi connectivity index (χ4v) is 4.39. The number of nitrogens with zero attached hydrogens (tertiary/aromatic N) is 1. The third-order valence-electron chi connectivity index (χ3n) is 4.22. The van der Waals surface area contributed by atoms with Gasteiger partial charge in [-0.25, -0.2) is 8.42 Å². The number of hydrogen-bond donors (Lipinski definition) is 0. The van der Waals surface area contributed by atoms with E-state index in [9.17, 15) is 13.2 Å². The van der Waals surface area contributed by atoms with Crippen molar-refractivity contribution in [2.75, 3.05) is 10.9 Å². The van der Waals surface area contributed by atoms with Gasteiger partial charge in [0.25, 0.3) is 15.9 Å². The van der Waals surface area contributed by atoms with E-state index in [0.717, 1.165) is 4.31 Å². The monoisotopic (exact) mass is 475 g/mol. The first-order valence-electron chi connectivity index (χ1n) is 9.32. The topological polar surface area (TPSA) is 63.7 Å². The minimum atomic E-state index is -4.19. The molecule has 0 aliphatic carbocycles. The van der Waals surface area contributed by atoms with E-state index in [0.29, 0.717) is 28.0 Å². The molecular weight excluding hydrogens is 457 g/mol. The van der Waals surface area contributed by atoms with Crippen LogP contribution in [0.4, 0.5) is 5.69 Å². The Morgan fingerprint density at radius 2 is 1.45 bits per heavy atom. The molecule has 0 spiro atoms. The molecular formula is C23H19Cl2NO4S. The summed E-state index contributed by atoms with van der Waals surface area (Å²) >= 11 is 11.8. The maximum atomic E-state index is 13.3. The molecule has 3 aromatic rings. The summed E-state index contributed by atoms with van der Waals surface area (Å²) in [6, 6.07) is 18.7. The molecule has 0 aromatic heterocycles. The molecule has 3 aromatic carbocycles. The van der Waals surface area contributed by atoms with Gasteiger partial charge in [0.2, 0.25) is 0 Å². The molecule has 1 amide bonds. The van der Waals surface area contributed by atoms with Gasteiger partial charge in [-0.15, -0.1) is 0 Å². The van der Waals surface area contributed by atoms with Crippen LogP contribution in [0.15, 0.2) is 83.8 Å². The average molecular weight is 476 g/mol. The first-order chi connectivity index (χ1) is 14.8. The molecule has 3 rings (SSSR count). The van der Waals surface area contributed by atoms with Crippen molar-refractivity contribution in [1.29, 1.82) is 0 Å². The first kappa shape index (κ1) is 22.9. The zero-order valence-electron chi connectivity index (χ0n) is 16.5. The normalized spacial score (nSPS) is 11.5. The summed E-state index contributed by atoms with van der Waals surface area (Å²) in [5.41, 5.74) is 0.887. The molecule has 0 bridgehead atoms. The molecule has 160 valence electrons. The Balaban J connectivity index is 2.01. The van der Waals surface area contributed by atoms with Gasteiger partial charge in [0.1, 0.15) is 5.75 Å². The van der Waals surface area contributed by atoms with Crippen molar-refractivity contribution >= 4 is 50.9 Å². The van der Waals surface area contributed by atoms with Gasteiger partial charge in [0.05, 0.1) is 17.2 Å². The minimum Gasteiger partial charge on any atom is -0.494 e. The second-order valence-corrected chi connectivity index (χ2v) is 9.03. The summed E-state index contributed by atoms with van der Waals surface area (Å²) < 4.78 is 32.8. The highest BCUT2D eigenvalue weighted by molar-refractivity contribution is 7.93. The lowest BCUT2D eigenvalue weighted by Gasteiger charge is -2.21. The Morgan fingerprint density at radius 3 is 2.00 bits per heavy atom. The lowest BCUT2D eigenvalue weighted by Crippen LogP contribution is -2.35. The quantitative estimate of drug-likeness (QED) is 0.403. The van der Waals surface area contributed by atoms with E-state index >= 15 is 0 Å². The standard InChI is InChI=1S/C23H19Cl2NO4S/c1-2-30-21-12-10-20(11-13-21)26(31(28,29)22-14-8-19(25)9-15-22)23(27)16-5-17-3-6-18(24)7-4-17/h3-16H,2H2,1H3/b16-5+. The summed E-state index contributed by atoms with van der Waals surface area (Å²) in [7, 11) is -4.19. The molecule has 0 N–H and O–H groups in total. The Kier molecular flexibility index (Phi) is 7.38. The number of amides is 1. The van der Waals surface area contributed by atoms with Gasteiger partial charge < -0.3 is 4.74 Å². The van der Waals surface area contributed by atoms with Crippen molar-refractivity contribution in [3.8, 4) is 5.75 Å². The number of rotatable bonds is 7. The molecule has 8 heteroatoms. The minimum absolute atomic E-state index is 0.0565. The van der Waals surface area contributed by atoms with E-state index in [1.54, 1.807) is 36.4 Å². The molecule has 0 saturated heterocycles. The lowest BCUT2D eigenvalue weighted by molar-refractivity contribution is -0.113. The summed E-state index contributed by atoms with van der Waals surface area (Å²) in [5, 5.41) is 0.949. The second kappa shape index (κ2) is 10.0. The van der Waals surface area contributed by atoms with Gasteiger partial charge in [-0.3, -0.25) is 4.79 Å². The van der Waals surface area contributed by atoms with Crippen molar-refractivity contribution in [1.82, 2.24) is 0 Å². The van der Waals surface area contributed by atoms with Crippen LogP contribution in [-0.2, 0) is 14.8 Å². The highest BCUT2D eigenvalue weighted by Gasteiger charge is 2.29. The van der Waals surface area contributed by atoms with E-state index in [1.165, 1.54) is 48.6 Å². The van der Waals surface area contributed by atoms with E-state index in [1.807, 2.05) is 6.92 Å². The van der Waals surface area contributed by atoms with Crippen LogP contribution in [0.2, 0.25) is 10.0 Å². The third kappa shape index (κ3) is 5.67. The lowest BCUT2D eigenvalue weighted by atomic mass is 10.2. The molecule has 0 radical (unpaired) electrons. The number of carbonyl (C=O) groups is 1. The number of sulfonamides is 1. The molecule has 0 heterocycles. The van der Waals surface area contributed by atoms with Gasteiger partial charge in [0, 0.05) is 16.1 Å². The van der Waals surface area contributed by atoms with Crippen molar-refractivity contribution in [3.05, 3.63) is 94.5 Å². The van der Waals surface area contributed by atoms with Gasteiger partial charge >= 0.3 is 0 Å². The van der Waals surface area contributed by atoms with Crippen molar-refractivity contribution in [2.45, 2.75) is 11.8 Å². The highest BCUT2D eigenvalue weighted by atomic mass is 35.5. The number of carbonyl (C=O) groups excluding carboxylic acids is 1. The highest BCUT2D eigenvalue weighted by Crippen LogP contribution is 2.27. The van der Waals surface area contributed by atoms with Gasteiger partial charge in [-0.1, -0.05) is 35.3 Å². The maximum absolute atomic E-state index is 13.3. The van der Waals surface area contributed by atoms with E-state index < -0.39 is 15.9 Å². The first-order valence-corrected chi connectivity index (χ1v) is 11.5. The largest absolute Gasteiger partial charge is 0.494 e. The number of hydrogen-bond acceptors (Lipinski definition) is 4. The molecule has 0 aliphatic heterocycles. The Morgan fingerprint density at radius 1 is 0.903 bits per heavy atom. The molecule has 0 atom stereocenters. The SMILES string of the molecule is CCOc1ccc(N(C(=O)/C=C/c2ccc(Cl)cc2)S(=O)(=O)c2ccc(Cl)cc2)cc1. The predicted molar refractivity (Wildman–Crippen MR) is 124 cm³/mol. The molecule has 0 fully saturated rings. The van der Waals surface area contributed by atoms with E-state index in [2.05, 4.69) is 0 Å². The van der Waals surface area contributed by atoms with Gasteiger partial charge in [-0.05, 0) is 79.2 Å². The van der Waals surface area contributed by atoms with Crippen LogP contribution in [0.25, 0.3) is 6.08 Å². The summed E-state index contributed by atoms with van der Waals surface area (Å²) in [6.07, 6.45) is 2.73. The number of anilines is 1. The molecule has 0 aliphatic rings. The Bertz CT molecular complexity index is 1170. The number of benzene rings is 3. The molecule has 5 nitrogen and oxygen atoms in total. The summed E-state index contributed by atoms with van der Waals surface area (Å²) in [6.45, 7) is 2.31. The van der Waals surface area contributed by atoms with Crippen LogP contribution in [0.1, 0.15) is 12.5 Å². The van der Waals surface area contributed by atoms with Crippen LogP contribution >= 0.6 is 23.2 Å². The zero-order chi connectivity index (χ0) is 22.4. The van der Waals surface area contributed by atoms with Crippen molar-refractivity contribution in [2.24, 2.45) is 0 Å². The van der Waals surface area contributed by atoms with Crippen LogP contribution in [0.3, 0.4) is 0 Å². The van der Waals surface area contributed by atoms with Crippen LogP contribution in [0.5, 0.6) is 5.75 Å². The van der Waals surface area contributed by atoms with Crippen LogP contribution in [0, 0.1) is 0 Å². The van der Waals surface area contributed by atoms with Crippen molar-refractivity contribution in [3.63, 3.8) is 0 Å². The summed E-state index contributed by atoms with van der Waals surface area (Å²) in [5.74, 6) is -0.159. The fourth-order valence-electron chi connectivity index (χ4n) is 2.75. The van der Waals surface area contributed by atoms with E-state index in [4.69, 9.17) is 27.9 Å². The Hall–Kier alpha value is -2.80. The second-order valence-electron chi connectivity index (χ2n) is 6.37. The fraction of sp³-hybridized carbons (Fsp3) is 0.0870. The van der Waals surface area contributed by atoms with Crippen LogP contribution in [-0.4, -0.2) is 20.9 Å². The summed E-state index contributed by atoms with van der Waals surface area (Å²) in [4.78, 5) is 13.0.